The average Bonchev–Trinajstić information content (AvgIpc) is 3.33. The van der Waals surface area contributed by atoms with Gasteiger partial charge in [0.05, 0.1) is 17.2 Å². The minimum atomic E-state index is -0.117. The van der Waals surface area contributed by atoms with Crippen molar-refractivity contribution in [2.24, 2.45) is 7.05 Å². The standard InChI is InChI=1S/C23H21N5O/c1-14-6-8-20-18(5-4-10-24-20)22(14)15(2)29-17-7-9-21-19(11-17)23(27-26-21)16-12-25-28(3)13-16/h4-13,15H,1-3H3,(H,26,27). The molecule has 6 nitrogen and oxygen atoms in total. The molecule has 0 saturated carbocycles. The summed E-state index contributed by atoms with van der Waals surface area (Å²) >= 11 is 0. The van der Waals surface area contributed by atoms with Crippen LogP contribution in [0.1, 0.15) is 24.2 Å². The SMILES string of the molecule is Cc1ccc2ncccc2c1C(C)Oc1ccc2[nH]nc(-c3cnn(C)c3)c2c1. The summed E-state index contributed by atoms with van der Waals surface area (Å²) in [5.41, 5.74) is 6.15. The fourth-order valence-corrected chi connectivity index (χ4v) is 3.92. The summed E-state index contributed by atoms with van der Waals surface area (Å²) in [5.74, 6) is 0.803. The molecule has 5 aromatic rings. The number of aromatic amines is 1. The third-order valence-corrected chi connectivity index (χ3v) is 5.28. The van der Waals surface area contributed by atoms with E-state index in [1.807, 2.05) is 49.9 Å². The molecule has 1 N–H and O–H groups in total. The predicted octanol–water partition coefficient (Wildman–Crippen LogP) is 4.96. The smallest absolute Gasteiger partial charge is 0.122 e. The van der Waals surface area contributed by atoms with Gasteiger partial charge in [-0.05, 0) is 49.7 Å². The van der Waals surface area contributed by atoms with Gasteiger partial charge in [0.25, 0.3) is 0 Å². The molecule has 144 valence electrons. The number of benzene rings is 2. The van der Waals surface area contributed by atoms with Crippen molar-refractivity contribution in [1.82, 2.24) is 25.0 Å². The zero-order chi connectivity index (χ0) is 20.0. The number of nitrogens with one attached hydrogen (secondary N) is 1. The molecule has 0 radical (unpaired) electrons. The number of fused-ring (bicyclic) bond motifs is 2. The van der Waals surface area contributed by atoms with Gasteiger partial charge in [-0.3, -0.25) is 14.8 Å². The first-order chi connectivity index (χ1) is 14.1. The highest BCUT2D eigenvalue weighted by atomic mass is 16.5. The molecule has 2 aromatic carbocycles. The molecule has 6 heteroatoms. The van der Waals surface area contributed by atoms with E-state index in [2.05, 4.69) is 52.3 Å². The number of hydrogen-bond acceptors (Lipinski definition) is 4. The summed E-state index contributed by atoms with van der Waals surface area (Å²) in [5, 5.41) is 14.0. The number of nitrogens with zero attached hydrogens (tertiary/aromatic N) is 4. The number of H-pyrrole nitrogens is 1. The second-order valence-corrected chi connectivity index (χ2v) is 7.31. The highest BCUT2D eigenvalue weighted by molar-refractivity contribution is 5.93. The van der Waals surface area contributed by atoms with Crippen LogP contribution in [-0.4, -0.2) is 25.0 Å². The van der Waals surface area contributed by atoms with E-state index in [-0.39, 0.29) is 6.10 Å². The van der Waals surface area contributed by atoms with Gasteiger partial charge in [0.2, 0.25) is 0 Å². The van der Waals surface area contributed by atoms with Crippen LogP contribution in [0.15, 0.2) is 61.1 Å². The number of aromatic nitrogens is 5. The second kappa shape index (κ2) is 6.74. The summed E-state index contributed by atoms with van der Waals surface area (Å²) in [4.78, 5) is 4.48. The van der Waals surface area contributed by atoms with Gasteiger partial charge in [-0.1, -0.05) is 12.1 Å². The van der Waals surface area contributed by atoms with Crippen LogP contribution < -0.4 is 4.74 Å². The van der Waals surface area contributed by atoms with Crippen LogP contribution in [0, 0.1) is 6.92 Å². The topological polar surface area (TPSA) is 68.6 Å². The fraction of sp³-hybridized carbons (Fsp3) is 0.174. The van der Waals surface area contributed by atoms with E-state index in [1.54, 1.807) is 4.68 Å². The minimum Gasteiger partial charge on any atom is -0.486 e. The number of pyridine rings is 1. The van der Waals surface area contributed by atoms with E-state index < -0.39 is 0 Å². The average molecular weight is 383 g/mol. The van der Waals surface area contributed by atoms with Gasteiger partial charge in [-0.2, -0.15) is 10.2 Å². The van der Waals surface area contributed by atoms with Crippen molar-refractivity contribution < 1.29 is 4.74 Å². The summed E-state index contributed by atoms with van der Waals surface area (Å²) in [6, 6.07) is 14.2. The molecule has 0 aliphatic carbocycles. The molecule has 0 amide bonds. The lowest BCUT2D eigenvalue weighted by molar-refractivity contribution is 0.228. The Kier molecular flexibility index (Phi) is 4.05. The number of aryl methyl sites for hydroxylation is 2. The van der Waals surface area contributed by atoms with Gasteiger partial charge in [0.1, 0.15) is 17.5 Å². The van der Waals surface area contributed by atoms with Crippen molar-refractivity contribution in [3.05, 3.63) is 72.2 Å². The van der Waals surface area contributed by atoms with E-state index in [4.69, 9.17) is 4.74 Å². The van der Waals surface area contributed by atoms with Crippen molar-refractivity contribution in [3.8, 4) is 17.0 Å². The molecular formula is C23H21N5O. The minimum absolute atomic E-state index is 0.117. The van der Waals surface area contributed by atoms with Crippen molar-refractivity contribution >= 4 is 21.8 Å². The Balaban J connectivity index is 1.53. The third kappa shape index (κ3) is 3.02. The van der Waals surface area contributed by atoms with Crippen LogP contribution in [0.3, 0.4) is 0 Å². The first kappa shape index (κ1) is 17.4. The molecule has 0 spiro atoms. The van der Waals surface area contributed by atoms with Crippen molar-refractivity contribution in [1.29, 1.82) is 0 Å². The number of hydrogen-bond donors (Lipinski definition) is 1. The molecule has 3 heterocycles. The van der Waals surface area contributed by atoms with E-state index in [1.165, 1.54) is 5.56 Å². The fourth-order valence-electron chi connectivity index (χ4n) is 3.92. The highest BCUT2D eigenvalue weighted by Crippen LogP contribution is 2.33. The normalized spacial score (nSPS) is 12.5. The molecule has 0 bridgehead atoms. The quantitative estimate of drug-likeness (QED) is 0.476. The van der Waals surface area contributed by atoms with E-state index >= 15 is 0 Å². The van der Waals surface area contributed by atoms with Crippen molar-refractivity contribution in [3.63, 3.8) is 0 Å². The van der Waals surface area contributed by atoms with Gasteiger partial charge in [-0.15, -0.1) is 0 Å². The predicted molar refractivity (Wildman–Crippen MR) is 114 cm³/mol. The molecule has 0 saturated heterocycles. The Labute approximate surface area is 168 Å². The van der Waals surface area contributed by atoms with Crippen LogP contribution in [0.2, 0.25) is 0 Å². The Morgan fingerprint density at radius 3 is 2.83 bits per heavy atom. The first-order valence-corrected chi connectivity index (χ1v) is 9.58. The van der Waals surface area contributed by atoms with Crippen molar-refractivity contribution in [2.75, 3.05) is 0 Å². The molecule has 3 aromatic heterocycles. The lowest BCUT2D eigenvalue weighted by Gasteiger charge is -2.19. The highest BCUT2D eigenvalue weighted by Gasteiger charge is 2.16. The van der Waals surface area contributed by atoms with Crippen LogP contribution in [0.5, 0.6) is 5.75 Å². The number of rotatable bonds is 4. The van der Waals surface area contributed by atoms with Gasteiger partial charge in [0.15, 0.2) is 0 Å². The number of ether oxygens (including phenoxy) is 1. The Morgan fingerprint density at radius 2 is 2.00 bits per heavy atom. The third-order valence-electron chi connectivity index (χ3n) is 5.28. The molecular weight excluding hydrogens is 362 g/mol. The van der Waals surface area contributed by atoms with Crippen molar-refractivity contribution in [2.45, 2.75) is 20.0 Å². The van der Waals surface area contributed by atoms with Gasteiger partial charge < -0.3 is 4.74 Å². The summed E-state index contributed by atoms with van der Waals surface area (Å²) in [6.45, 7) is 4.19. The van der Waals surface area contributed by atoms with E-state index in [0.29, 0.717) is 0 Å². The molecule has 0 aliphatic rings. The van der Waals surface area contributed by atoms with Gasteiger partial charge >= 0.3 is 0 Å². The van der Waals surface area contributed by atoms with Crippen LogP contribution in [0.4, 0.5) is 0 Å². The van der Waals surface area contributed by atoms with E-state index in [0.717, 1.165) is 44.4 Å². The molecule has 5 rings (SSSR count). The molecule has 1 unspecified atom stereocenters. The van der Waals surface area contributed by atoms with Crippen LogP contribution in [-0.2, 0) is 7.05 Å². The Bertz CT molecular complexity index is 1330. The van der Waals surface area contributed by atoms with Crippen LogP contribution in [0.25, 0.3) is 33.1 Å². The lowest BCUT2D eigenvalue weighted by atomic mass is 9.98. The lowest BCUT2D eigenvalue weighted by Crippen LogP contribution is -2.06. The molecule has 29 heavy (non-hydrogen) atoms. The maximum Gasteiger partial charge on any atom is 0.122 e. The van der Waals surface area contributed by atoms with Gasteiger partial charge in [0, 0.05) is 41.3 Å². The van der Waals surface area contributed by atoms with Gasteiger partial charge in [-0.25, -0.2) is 0 Å². The van der Waals surface area contributed by atoms with Crippen LogP contribution >= 0.6 is 0 Å². The zero-order valence-electron chi connectivity index (χ0n) is 16.5. The second-order valence-electron chi connectivity index (χ2n) is 7.31. The largest absolute Gasteiger partial charge is 0.486 e. The first-order valence-electron chi connectivity index (χ1n) is 9.58. The van der Waals surface area contributed by atoms with E-state index in [9.17, 15) is 0 Å². The molecule has 0 fully saturated rings. The summed E-state index contributed by atoms with van der Waals surface area (Å²) in [7, 11) is 1.90. The Hall–Kier alpha value is -3.67. The summed E-state index contributed by atoms with van der Waals surface area (Å²) in [6.07, 6.45) is 5.48. The zero-order valence-corrected chi connectivity index (χ0v) is 16.5. The Morgan fingerprint density at radius 1 is 1.10 bits per heavy atom. The maximum atomic E-state index is 6.37. The molecule has 0 aliphatic heterocycles. The monoisotopic (exact) mass is 383 g/mol. The molecule has 1 atom stereocenters. The maximum absolute atomic E-state index is 6.37. The summed E-state index contributed by atoms with van der Waals surface area (Å²) < 4.78 is 8.15.